The molecule has 3 nitrogen and oxygen atoms in total. The van der Waals surface area contributed by atoms with Gasteiger partial charge in [0.1, 0.15) is 5.76 Å². The van der Waals surface area contributed by atoms with Crippen LogP contribution in [0.4, 0.5) is 19.1 Å². The van der Waals surface area contributed by atoms with Crippen molar-refractivity contribution >= 4 is 5.88 Å². The molecule has 1 saturated heterocycles. The van der Waals surface area contributed by atoms with Crippen LogP contribution in [0.25, 0.3) is 11.1 Å². The van der Waals surface area contributed by atoms with Gasteiger partial charge < -0.3 is 14.4 Å². The molecule has 6 heteroatoms. The molecule has 3 rings (SSSR count). The fraction of sp³-hybridized carbons (Fsp3) is 0.444. The Morgan fingerprint density at radius 3 is 2.50 bits per heavy atom. The topological polar surface area (TPSA) is 36.6 Å². The van der Waals surface area contributed by atoms with Crippen molar-refractivity contribution in [2.45, 2.75) is 38.8 Å². The maximum atomic E-state index is 13.0. The number of piperidine rings is 1. The van der Waals surface area contributed by atoms with E-state index >= 15 is 0 Å². The van der Waals surface area contributed by atoms with Crippen LogP contribution < -0.4 is 4.90 Å². The average Bonchev–Trinajstić information content (AvgIpc) is 2.91. The highest BCUT2D eigenvalue weighted by molar-refractivity contribution is 5.82. The molecule has 2 aromatic rings. The Morgan fingerprint density at radius 2 is 1.88 bits per heavy atom. The van der Waals surface area contributed by atoms with Crippen LogP contribution in [0.1, 0.15) is 37.5 Å². The second kappa shape index (κ2) is 6.42. The molecular weight excluding hydrogens is 319 g/mol. The summed E-state index contributed by atoms with van der Waals surface area (Å²) in [5, 5.41) is 10.5. The van der Waals surface area contributed by atoms with Gasteiger partial charge in [-0.15, -0.1) is 0 Å². The minimum atomic E-state index is -4.42. The Kier molecular flexibility index (Phi) is 4.47. The third kappa shape index (κ3) is 3.09. The number of aryl methyl sites for hydroxylation is 1. The SMILES string of the molecule is CCc1oc(N2CCCCC2)c(-c2cccc(C(F)(F)F)c2)c1O. The van der Waals surface area contributed by atoms with Crippen LogP contribution in [-0.4, -0.2) is 18.2 Å². The summed E-state index contributed by atoms with van der Waals surface area (Å²) in [6.07, 6.45) is -0.807. The van der Waals surface area contributed by atoms with Crippen LogP contribution in [0.5, 0.6) is 5.75 Å². The number of rotatable bonds is 3. The molecule has 0 spiro atoms. The van der Waals surface area contributed by atoms with E-state index in [2.05, 4.69) is 0 Å². The van der Waals surface area contributed by atoms with Gasteiger partial charge in [0.05, 0.1) is 11.1 Å². The molecule has 1 aliphatic heterocycles. The van der Waals surface area contributed by atoms with E-state index in [1.54, 1.807) is 6.07 Å². The van der Waals surface area contributed by atoms with E-state index in [9.17, 15) is 18.3 Å². The summed E-state index contributed by atoms with van der Waals surface area (Å²) in [6, 6.07) is 5.03. The average molecular weight is 339 g/mol. The van der Waals surface area contributed by atoms with E-state index in [-0.39, 0.29) is 5.75 Å². The molecule has 0 aliphatic carbocycles. The summed E-state index contributed by atoms with van der Waals surface area (Å²) < 4.78 is 44.9. The van der Waals surface area contributed by atoms with Gasteiger partial charge >= 0.3 is 6.18 Å². The van der Waals surface area contributed by atoms with E-state index in [4.69, 9.17) is 4.42 Å². The Labute approximate surface area is 138 Å². The zero-order chi connectivity index (χ0) is 17.3. The summed E-state index contributed by atoms with van der Waals surface area (Å²) in [5.74, 6) is 0.823. The first-order chi connectivity index (χ1) is 11.4. The van der Waals surface area contributed by atoms with Crippen LogP contribution in [0.3, 0.4) is 0 Å². The largest absolute Gasteiger partial charge is 0.504 e. The molecule has 1 aliphatic rings. The number of alkyl halides is 3. The normalized spacial score (nSPS) is 15.8. The van der Waals surface area contributed by atoms with Gasteiger partial charge in [0.25, 0.3) is 0 Å². The number of halogens is 3. The summed E-state index contributed by atoms with van der Waals surface area (Å²) in [5.41, 5.74) is -0.0468. The number of aromatic hydroxyl groups is 1. The fourth-order valence-corrected chi connectivity index (χ4v) is 3.13. The molecule has 130 valence electrons. The highest BCUT2D eigenvalue weighted by Crippen LogP contribution is 2.45. The zero-order valence-electron chi connectivity index (χ0n) is 13.5. The number of hydrogen-bond donors (Lipinski definition) is 1. The molecule has 0 bridgehead atoms. The van der Waals surface area contributed by atoms with Gasteiger partial charge in [0.15, 0.2) is 5.75 Å². The first-order valence-electron chi connectivity index (χ1n) is 8.19. The molecule has 0 saturated carbocycles. The second-order valence-electron chi connectivity index (χ2n) is 6.03. The van der Waals surface area contributed by atoms with E-state index < -0.39 is 11.7 Å². The lowest BCUT2D eigenvalue weighted by Crippen LogP contribution is -2.29. The third-order valence-corrected chi connectivity index (χ3v) is 4.38. The summed E-state index contributed by atoms with van der Waals surface area (Å²) in [4.78, 5) is 2.01. The number of anilines is 1. The number of hydrogen-bond acceptors (Lipinski definition) is 3. The van der Waals surface area contributed by atoms with E-state index in [1.165, 1.54) is 6.07 Å². The molecule has 1 aromatic heterocycles. The number of furan rings is 1. The predicted octanol–water partition coefficient (Wildman–Crippen LogP) is 5.22. The van der Waals surface area contributed by atoms with Crippen molar-refractivity contribution in [3.63, 3.8) is 0 Å². The smallest absolute Gasteiger partial charge is 0.416 e. The molecule has 0 amide bonds. The molecule has 1 fully saturated rings. The van der Waals surface area contributed by atoms with Gasteiger partial charge in [0.2, 0.25) is 5.88 Å². The maximum absolute atomic E-state index is 13.0. The predicted molar refractivity (Wildman–Crippen MR) is 86.3 cm³/mol. The first-order valence-corrected chi connectivity index (χ1v) is 8.19. The lowest BCUT2D eigenvalue weighted by molar-refractivity contribution is -0.137. The van der Waals surface area contributed by atoms with Gasteiger partial charge in [-0.3, -0.25) is 0 Å². The number of benzene rings is 1. The van der Waals surface area contributed by atoms with Crippen LogP contribution in [0.15, 0.2) is 28.7 Å². The molecule has 2 heterocycles. The van der Waals surface area contributed by atoms with Crippen molar-refractivity contribution in [1.82, 2.24) is 0 Å². The van der Waals surface area contributed by atoms with E-state index in [0.29, 0.717) is 29.2 Å². The molecule has 24 heavy (non-hydrogen) atoms. The van der Waals surface area contributed by atoms with E-state index in [0.717, 1.165) is 44.5 Å². The number of nitrogens with zero attached hydrogens (tertiary/aromatic N) is 1. The first kappa shape index (κ1) is 16.7. The van der Waals surface area contributed by atoms with Gasteiger partial charge in [-0.25, -0.2) is 0 Å². The van der Waals surface area contributed by atoms with Gasteiger partial charge in [0, 0.05) is 19.5 Å². The van der Waals surface area contributed by atoms with Gasteiger partial charge in [-0.05, 0) is 37.0 Å². The Balaban J connectivity index is 2.11. The molecular formula is C18H20F3NO2. The summed E-state index contributed by atoms with van der Waals surface area (Å²) in [7, 11) is 0. The minimum absolute atomic E-state index is 0.0580. The Morgan fingerprint density at radius 1 is 1.17 bits per heavy atom. The van der Waals surface area contributed by atoms with Crippen molar-refractivity contribution in [2.75, 3.05) is 18.0 Å². The lowest BCUT2D eigenvalue weighted by atomic mass is 10.0. The summed E-state index contributed by atoms with van der Waals surface area (Å²) >= 11 is 0. The van der Waals surface area contributed by atoms with Gasteiger partial charge in [-0.2, -0.15) is 13.2 Å². The highest BCUT2D eigenvalue weighted by Gasteiger charge is 2.32. The van der Waals surface area contributed by atoms with Crippen molar-refractivity contribution < 1.29 is 22.7 Å². The van der Waals surface area contributed by atoms with Crippen LogP contribution in [0.2, 0.25) is 0 Å². The van der Waals surface area contributed by atoms with Crippen LogP contribution in [0, 0.1) is 0 Å². The molecule has 1 aromatic carbocycles. The molecule has 1 N–H and O–H groups in total. The van der Waals surface area contributed by atoms with Crippen LogP contribution >= 0.6 is 0 Å². The maximum Gasteiger partial charge on any atom is 0.416 e. The Hall–Kier alpha value is -2.11. The van der Waals surface area contributed by atoms with Crippen molar-refractivity contribution in [2.24, 2.45) is 0 Å². The van der Waals surface area contributed by atoms with E-state index in [1.807, 2.05) is 11.8 Å². The Bertz CT molecular complexity index is 716. The second-order valence-corrected chi connectivity index (χ2v) is 6.03. The fourth-order valence-electron chi connectivity index (χ4n) is 3.13. The van der Waals surface area contributed by atoms with Crippen LogP contribution in [-0.2, 0) is 12.6 Å². The molecule has 0 atom stereocenters. The third-order valence-electron chi connectivity index (χ3n) is 4.38. The zero-order valence-corrected chi connectivity index (χ0v) is 13.5. The lowest BCUT2D eigenvalue weighted by Gasteiger charge is -2.27. The van der Waals surface area contributed by atoms with Crippen molar-refractivity contribution in [1.29, 1.82) is 0 Å². The monoisotopic (exact) mass is 339 g/mol. The summed E-state index contributed by atoms with van der Waals surface area (Å²) in [6.45, 7) is 3.40. The molecule has 0 radical (unpaired) electrons. The quantitative estimate of drug-likeness (QED) is 0.832. The standard InChI is InChI=1S/C18H20F3NO2/c1-2-14-16(23)15(17(24-14)22-9-4-3-5-10-22)12-7-6-8-13(11-12)18(19,20)21/h6-8,11,23H,2-5,9-10H2,1H3. The van der Waals surface area contributed by atoms with Gasteiger partial charge in [-0.1, -0.05) is 19.1 Å². The van der Waals surface area contributed by atoms with Crippen molar-refractivity contribution in [3.05, 3.63) is 35.6 Å². The molecule has 0 unspecified atom stereocenters. The highest BCUT2D eigenvalue weighted by atomic mass is 19.4. The van der Waals surface area contributed by atoms with Crippen molar-refractivity contribution in [3.8, 4) is 16.9 Å². The minimum Gasteiger partial charge on any atom is -0.504 e.